The zero-order valence-corrected chi connectivity index (χ0v) is 19.9. The Morgan fingerprint density at radius 3 is 2.42 bits per heavy atom. The van der Waals surface area contributed by atoms with Gasteiger partial charge in [-0.1, -0.05) is 48.0 Å². The molecule has 0 atom stereocenters. The van der Waals surface area contributed by atoms with Gasteiger partial charge in [-0.3, -0.25) is 9.59 Å². The van der Waals surface area contributed by atoms with Gasteiger partial charge in [-0.25, -0.2) is 5.43 Å². The molecule has 3 rings (SSSR count). The van der Waals surface area contributed by atoms with Gasteiger partial charge in [0.15, 0.2) is 11.5 Å². The maximum atomic E-state index is 12.0. The van der Waals surface area contributed by atoms with Crippen LogP contribution in [0.2, 0.25) is 0 Å². The Bertz CT molecular complexity index is 1130. The van der Waals surface area contributed by atoms with Crippen LogP contribution < -0.4 is 20.2 Å². The molecule has 7 nitrogen and oxygen atoms in total. The van der Waals surface area contributed by atoms with Crippen LogP contribution in [0.25, 0.3) is 0 Å². The molecule has 0 aliphatic rings. The fourth-order valence-electron chi connectivity index (χ4n) is 2.84. The molecule has 33 heavy (non-hydrogen) atoms. The van der Waals surface area contributed by atoms with E-state index in [2.05, 4.69) is 31.8 Å². The Morgan fingerprint density at radius 1 is 1.00 bits per heavy atom. The average Bonchev–Trinajstić information content (AvgIpc) is 2.81. The van der Waals surface area contributed by atoms with Crippen LogP contribution >= 0.6 is 15.9 Å². The normalized spacial score (nSPS) is 10.6. The maximum absolute atomic E-state index is 12.0. The first-order valence-electron chi connectivity index (χ1n) is 10.3. The van der Waals surface area contributed by atoms with Crippen LogP contribution in [0.15, 0.2) is 76.3 Å². The molecule has 2 amide bonds. The number of nitrogens with zero attached hydrogens (tertiary/aromatic N) is 1. The van der Waals surface area contributed by atoms with Gasteiger partial charge in [0.1, 0.15) is 6.61 Å². The number of hydrogen-bond acceptors (Lipinski definition) is 5. The molecule has 0 saturated heterocycles. The van der Waals surface area contributed by atoms with Crippen molar-refractivity contribution in [2.45, 2.75) is 20.5 Å². The van der Waals surface area contributed by atoms with E-state index in [4.69, 9.17) is 9.47 Å². The molecule has 170 valence electrons. The number of anilines is 1. The van der Waals surface area contributed by atoms with Gasteiger partial charge in [0.05, 0.1) is 17.3 Å². The SMILES string of the molecule is CCOc1cc(/C=N/NC(=O)C(=O)Nc2ccc(C)cc2)cc(Br)c1OCc1ccccc1. The van der Waals surface area contributed by atoms with Gasteiger partial charge < -0.3 is 14.8 Å². The molecule has 0 spiro atoms. The third-order valence-corrected chi connectivity index (χ3v) is 5.04. The van der Waals surface area contributed by atoms with Crippen molar-refractivity contribution in [1.29, 1.82) is 0 Å². The van der Waals surface area contributed by atoms with Crippen LogP contribution in [0.1, 0.15) is 23.6 Å². The summed E-state index contributed by atoms with van der Waals surface area (Å²) in [7, 11) is 0. The zero-order chi connectivity index (χ0) is 23.6. The summed E-state index contributed by atoms with van der Waals surface area (Å²) in [6, 6.07) is 20.5. The van der Waals surface area contributed by atoms with Crippen molar-refractivity contribution in [2.24, 2.45) is 5.10 Å². The standard InChI is InChI=1S/C25H24BrN3O4/c1-3-32-22-14-19(13-21(26)23(22)33-16-18-7-5-4-6-8-18)15-27-29-25(31)24(30)28-20-11-9-17(2)10-12-20/h4-15H,3,16H2,1-2H3,(H,28,30)(H,29,31)/b27-15+. The number of benzene rings is 3. The van der Waals surface area contributed by atoms with Crippen molar-refractivity contribution in [3.8, 4) is 11.5 Å². The van der Waals surface area contributed by atoms with Gasteiger partial charge in [-0.15, -0.1) is 0 Å². The molecule has 0 aliphatic heterocycles. The van der Waals surface area contributed by atoms with E-state index in [1.165, 1.54) is 6.21 Å². The van der Waals surface area contributed by atoms with Gasteiger partial charge in [-0.05, 0) is 65.2 Å². The summed E-state index contributed by atoms with van der Waals surface area (Å²) in [4.78, 5) is 24.0. The number of ether oxygens (including phenoxy) is 2. The fourth-order valence-corrected chi connectivity index (χ4v) is 3.41. The van der Waals surface area contributed by atoms with Crippen molar-refractivity contribution in [1.82, 2.24) is 5.43 Å². The third-order valence-electron chi connectivity index (χ3n) is 4.45. The first kappa shape index (κ1) is 24.0. The molecule has 3 aromatic carbocycles. The van der Waals surface area contributed by atoms with E-state index in [-0.39, 0.29) is 0 Å². The second kappa shape index (κ2) is 11.8. The zero-order valence-electron chi connectivity index (χ0n) is 18.3. The van der Waals surface area contributed by atoms with E-state index in [1.807, 2.05) is 56.3 Å². The molecule has 0 fully saturated rings. The number of amides is 2. The summed E-state index contributed by atoms with van der Waals surface area (Å²) in [5, 5.41) is 6.40. The molecular formula is C25H24BrN3O4. The molecule has 8 heteroatoms. The highest BCUT2D eigenvalue weighted by atomic mass is 79.9. The minimum absolute atomic E-state index is 0.388. The summed E-state index contributed by atoms with van der Waals surface area (Å²) in [6.07, 6.45) is 1.42. The molecular weight excluding hydrogens is 486 g/mol. The summed E-state index contributed by atoms with van der Waals surface area (Å²) in [5.41, 5.74) is 5.49. The molecule has 2 N–H and O–H groups in total. The van der Waals surface area contributed by atoms with Crippen LogP contribution in [0.3, 0.4) is 0 Å². The van der Waals surface area contributed by atoms with E-state index in [1.54, 1.807) is 24.3 Å². The van der Waals surface area contributed by atoms with Crippen molar-refractivity contribution in [2.75, 3.05) is 11.9 Å². The molecule has 0 saturated carbocycles. The lowest BCUT2D eigenvalue weighted by Gasteiger charge is -2.14. The minimum Gasteiger partial charge on any atom is -0.490 e. The van der Waals surface area contributed by atoms with Gasteiger partial charge in [0.2, 0.25) is 0 Å². The van der Waals surface area contributed by atoms with Gasteiger partial charge >= 0.3 is 11.8 Å². The fraction of sp³-hybridized carbons (Fsp3) is 0.160. The van der Waals surface area contributed by atoms with E-state index in [0.29, 0.717) is 40.4 Å². The summed E-state index contributed by atoms with van der Waals surface area (Å²) in [5.74, 6) is -0.581. The Labute approximate surface area is 200 Å². The van der Waals surface area contributed by atoms with Crippen LogP contribution in [0.4, 0.5) is 5.69 Å². The van der Waals surface area contributed by atoms with E-state index in [9.17, 15) is 9.59 Å². The number of aryl methyl sites for hydroxylation is 1. The Hall–Kier alpha value is -3.65. The number of carbonyl (C=O) groups excluding carboxylic acids is 2. The van der Waals surface area contributed by atoms with Crippen molar-refractivity contribution >= 4 is 39.6 Å². The van der Waals surface area contributed by atoms with Gasteiger partial charge in [0.25, 0.3) is 0 Å². The molecule has 0 unspecified atom stereocenters. The van der Waals surface area contributed by atoms with E-state index in [0.717, 1.165) is 11.1 Å². The van der Waals surface area contributed by atoms with Gasteiger partial charge in [0, 0.05) is 5.69 Å². The lowest BCUT2D eigenvalue weighted by molar-refractivity contribution is -0.136. The van der Waals surface area contributed by atoms with Crippen LogP contribution in [-0.2, 0) is 16.2 Å². The first-order valence-corrected chi connectivity index (χ1v) is 11.1. The number of halogens is 1. The summed E-state index contributed by atoms with van der Waals surface area (Å²) in [6.45, 7) is 4.65. The first-order chi connectivity index (χ1) is 16.0. The molecule has 0 aromatic heterocycles. The summed E-state index contributed by atoms with van der Waals surface area (Å²) >= 11 is 3.51. The third kappa shape index (κ3) is 7.18. The number of rotatable bonds is 8. The van der Waals surface area contributed by atoms with Gasteiger partial charge in [-0.2, -0.15) is 5.10 Å². The molecule has 0 radical (unpaired) electrons. The number of hydrazone groups is 1. The Kier molecular flexibility index (Phi) is 8.60. The van der Waals surface area contributed by atoms with E-state index < -0.39 is 11.8 Å². The summed E-state index contributed by atoms with van der Waals surface area (Å²) < 4.78 is 12.4. The monoisotopic (exact) mass is 509 g/mol. The molecule has 0 aliphatic carbocycles. The topological polar surface area (TPSA) is 89.0 Å². The predicted molar refractivity (Wildman–Crippen MR) is 132 cm³/mol. The Morgan fingerprint density at radius 2 is 1.73 bits per heavy atom. The second-order valence-corrected chi connectivity index (χ2v) is 7.91. The number of carbonyl (C=O) groups is 2. The van der Waals surface area contributed by atoms with Crippen LogP contribution in [-0.4, -0.2) is 24.6 Å². The average molecular weight is 510 g/mol. The lowest BCUT2D eigenvalue weighted by Crippen LogP contribution is -2.32. The van der Waals surface area contributed by atoms with Crippen molar-refractivity contribution < 1.29 is 19.1 Å². The smallest absolute Gasteiger partial charge is 0.329 e. The minimum atomic E-state index is -0.876. The molecule has 0 bridgehead atoms. The molecule has 0 heterocycles. The van der Waals surface area contributed by atoms with E-state index >= 15 is 0 Å². The highest BCUT2D eigenvalue weighted by Crippen LogP contribution is 2.37. The van der Waals surface area contributed by atoms with Crippen LogP contribution in [0.5, 0.6) is 11.5 Å². The van der Waals surface area contributed by atoms with Crippen molar-refractivity contribution in [3.63, 3.8) is 0 Å². The Balaban J connectivity index is 1.63. The maximum Gasteiger partial charge on any atom is 0.329 e. The predicted octanol–water partition coefficient (Wildman–Crippen LogP) is 4.82. The van der Waals surface area contributed by atoms with Crippen LogP contribution in [0, 0.1) is 6.92 Å². The number of hydrogen-bond donors (Lipinski definition) is 2. The lowest BCUT2D eigenvalue weighted by atomic mass is 10.2. The quantitative estimate of drug-likeness (QED) is 0.258. The largest absolute Gasteiger partial charge is 0.490 e. The second-order valence-electron chi connectivity index (χ2n) is 7.06. The molecule has 3 aromatic rings. The van der Waals surface area contributed by atoms with Crippen molar-refractivity contribution in [3.05, 3.63) is 87.9 Å². The highest BCUT2D eigenvalue weighted by Gasteiger charge is 2.14. The highest BCUT2D eigenvalue weighted by molar-refractivity contribution is 9.10. The number of nitrogens with one attached hydrogen (secondary N) is 2.